The van der Waals surface area contributed by atoms with Gasteiger partial charge in [-0.1, -0.05) is 0 Å². The Labute approximate surface area is 161 Å². The summed E-state index contributed by atoms with van der Waals surface area (Å²) in [5, 5.41) is 0. The SMILES string of the molecule is Cc1cc(C(=O)O[C@H](C)C(=O)N(C(C)C)C(C)C)c(C)n1Cc1ccco1. The van der Waals surface area contributed by atoms with Crippen LogP contribution in [0.15, 0.2) is 28.9 Å². The minimum Gasteiger partial charge on any atom is -0.467 e. The molecule has 0 N–H and O–H groups in total. The van der Waals surface area contributed by atoms with E-state index >= 15 is 0 Å². The largest absolute Gasteiger partial charge is 0.467 e. The summed E-state index contributed by atoms with van der Waals surface area (Å²) in [7, 11) is 0. The molecule has 148 valence electrons. The lowest BCUT2D eigenvalue weighted by Gasteiger charge is -2.32. The Morgan fingerprint density at radius 1 is 1.15 bits per heavy atom. The van der Waals surface area contributed by atoms with E-state index in [1.165, 1.54) is 0 Å². The average Bonchev–Trinajstić information content (AvgIpc) is 3.17. The van der Waals surface area contributed by atoms with Gasteiger partial charge in [-0.2, -0.15) is 0 Å². The van der Waals surface area contributed by atoms with Gasteiger partial charge in [-0.15, -0.1) is 0 Å². The highest BCUT2D eigenvalue weighted by Gasteiger charge is 2.29. The van der Waals surface area contributed by atoms with Crippen LogP contribution in [0.5, 0.6) is 0 Å². The van der Waals surface area contributed by atoms with Crippen molar-refractivity contribution in [3.8, 4) is 0 Å². The summed E-state index contributed by atoms with van der Waals surface area (Å²) in [6, 6.07) is 5.60. The Balaban J connectivity index is 2.15. The summed E-state index contributed by atoms with van der Waals surface area (Å²) in [4.78, 5) is 27.1. The minimum atomic E-state index is -0.838. The lowest BCUT2D eigenvalue weighted by atomic mass is 10.2. The molecule has 0 aliphatic carbocycles. The Bertz CT molecular complexity index is 779. The number of aryl methyl sites for hydroxylation is 1. The lowest BCUT2D eigenvalue weighted by molar-refractivity contribution is -0.143. The van der Waals surface area contributed by atoms with Crippen LogP contribution in [0.3, 0.4) is 0 Å². The number of esters is 1. The molecule has 2 aromatic heterocycles. The van der Waals surface area contributed by atoms with Crippen molar-refractivity contribution >= 4 is 11.9 Å². The molecule has 0 unspecified atom stereocenters. The fraction of sp³-hybridized carbons (Fsp3) is 0.524. The van der Waals surface area contributed by atoms with E-state index in [0.29, 0.717) is 12.1 Å². The summed E-state index contributed by atoms with van der Waals surface area (Å²) in [5.74, 6) is 0.143. The van der Waals surface area contributed by atoms with Gasteiger partial charge in [-0.05, 0) is 66.7 Å². The van der Waals surface area contributed by atoms with E-state index in [9.17, 15) is 9.59 Å². The first-order valence-electron chi connectivity index (χ1n) is 9.35. The summed E-state index contributed by atoms with van der Waals surface area (Å²) in [6.07, 6.45) is 0.789. The van der Waals surface area contributed by atoms with Gasteiger partial charge in [-0.25, -0.2) is 4.79 Å². The van der Waals surface area contributed by atoms with Crippen LogP contribution < -0.4 is 0 Å². The Kier molecular flexibility index (Phi) is 6.52. The zero-order valence-electron chi connectivity index (χ0n) is 17.3. The summed E-state index contributed by atoms with van der Waals surface area (Å²) in [5.41, 5.74) is 2.19. The number of carbonyl (C=O) groups excluding carboxylic acids is 2. The van der Waals surface area contributed by atoms with Gasteiger partial charge in [0.25, 0.3) is 5.91 Å². The van der Waals surface area contributed by atoms with Crippen molar-refractivity contribution in [1.82, 2.24) is 9.47 Å². The van der Waals surface area contributed by atoms with Crippen LogP contribution in [0, 0.1) is 13.8 Å². The molecule has 0 saturated heterocycles. The van der Waals surface area contributed by atoms with E-state index in [4.69, 9.17) is 9.15 Å². The van der Waals surface area contributed by atoms with Crippen molar-refractivity contribution in [2.24, 2.45) is 0 Å². The van der Waals surface area contributed by atoms with E-state index in [0.717, 1.165) is 17.1 Å². The van der Waals surface area contributed by atoms with E-state index in [1.807, 2.05) is 58.2 Å². The first-order valence-corrected chi connectivity index (χ1v) is 9.35. The van der Waals surface area contributed by atoms with Gasteiger partial charge < -0.3 is 18.6 Å². The van der Waals surface area contributed by atoms with Crippen molar-refractivity contribution in [3.05, 3.63) is 47.2 Å². The highest BCUT2D eigenvalue weighted by Crippen LogP contribution is 2.19. The van der Waals surface area contributed by atoms with E-state index in [1.54, 1.807) is 24.2 Å². The van der Waals surface area contributed by atoms with Gasteiger partial charge in [0.1, 0.15) is 5.76 Å². The standard InChI is InChI=1S/C21H30N2O4/c1-13(2)23(14(3)4)20(24)17(7)27-21(25)19-11-15(5)22(16(19)6)12-18-9-8-10-26-18/h8-11,13-14,17H,12H2,1-7H3/t17-/m1/s1. The molecule has 0 aromatic carbocycles. The van der Waals surface area contributed by atoms with Crippen LogP contribution in [-0.4, -0.2) is 39.5 Å². The lowest BCUT2D eigenvalue weighted by Crippen LogP contribution is -2.47. The molecule has 2 aromatic rings. The second kappa shape index (κ2) is 8.46. The van der Waals surface area contributed by atoms with Crippen molar-refractivity contribution in [1.29, 1.82) is 0 Å². The van der Waals surface area contributed by atoms with Crippen LogP contribution in [0.1, 0.15) is 62.1 Å². The third-order valence-electron chi connectivity index (χ3n) is 4.69. The predicted molar refractivity (Wildman–Crippen MR) is 104 cm³/mol. The first-order chi connectivity index (χ1) is 12.6. The van der Waals surface area contributed by atoms with Crippen LogP contribution in [0.25, 0.3) is 0 Å². The maximum Gasteiger partial charge on any atom is 0.340 e. The van der Waals surface area contributed by atoms with Crippen LogP contribution in [0.2, 0.25) is 0 Å². The molecule has 0 spiro atoms. The molecule has 0 fully saturated rings. The maximum absolute atomic E-state index is 12.7. The van der Waals surface area contributed by atoms with Gasteiger partial charge in [0.2, 0.25) is 0 Å². The molecule has 0 radical (unpaired) electrons. The Hall–Kier alpha value is -2.50. The fourth-order valence-corrected chi connectivity index (χ4v) is 3.40. The van der Waals surface area contributed by atoms with Gasteiger partial charge in [0.15, 0.2) is 6.10 Å². The van der Waals surface area contributed by atoms with Crippen molar-refractivity contribution in [2.45, 2.75) is 73.2 Å². The maximum atomic E-state index is 12.7. The molecule has 0 bridgehead atoms. The molecular weight excluding hydrogens is 344 g/mol. The van der Waals surface area contributed by atoms with Gasteiger partial charge in [0.05, 0.1) is 18.4 Å². The van der Waals surface area contributed by atoms with Gasteiger partial charge >= 0.3 is 5.97 Å². The molecule has 6 nitrogen and oxygen atoms in total. The quantitative estimate of drug-likeness (QED) is 0.689. The Morgan fingerprint density at radius 3 is 2.30 bits per heavy atom. The summed E-state index contributed by atoms with van der Waals surface area (Å²) in [6.45, 7) is 13.8. The Morgan fingerprint density at radius 2 is 1.78 bits per heavy atom. The smallest absolute Gasteiger partial charge is 0.340 e. The number of carbonyl (C=O) groups is 2. The number of hydrogen-bond donors (Lipinski definition) is 0. The molecular formula is C21H30N2O4. The first kappa shape index (κ1) is 20.8. The molecule has 1 amide bonds. The molecule has 0 saturated carbocycles. The van der Waals surface area contributed by atoms with Crippen LogP contribution in [-0.2, 0) is 16.1 Å². The molecule has 0 aliphatic heterocycles. The van der Waals surface area contributed by atoms with Crippen LogP contribution >= 0.6 is 0 Å². The number of nitrogens with zero attached hydrogens (tertiary/aromatic N) is 2. The zero-order chi connectivity index (χ0) is 20.3. The average molecular weight is 374 g/mol. The van der Waals surface area contributed by atoms with E-state index < -0.39 is 12.1 Å². The topological polar surface area (TPSA) is 64.7 Å². The highest BCUT2D eigenvalue weighted by molar-refractivity contribution is 5.93. The molecule has 2 rings (SSSR count). The van der Waals surface area contributed by atoms with Crippen molar-refractivity contribution < 1.29 is 18.7 Å². The molecule has 2 heterocycles. The fourth-order valence-electron chi connectivity index (χ4n) is 3.40. The summed E-state index contributed by atoms with van der Waals surface area (Å²) < 4.78 is 12.9. The van der Waals surface area contributed by atoms with Crippen LogP contribution in [0.4, 0.5) is 0 Å². The third-order valence-corrected chi connectivity index (χ3v) is 4.69. The number of rotatable bonds is 7. The van der Waals surface area contributed by atoms with E-state index in [2.05, 4.69) is 0 Å². The number of hydrogen-bond acceptors (Lipinski definition) is 4. The second-order valence-corrected chi connectivity index (χ2v) is 7.43. The molecule has 27 heavy (non-hydrogen) atoms. The molecule has 0 aliphatic rings. The second-order valence-electron chi connectivity index (χ2n) is 7.43. The predicted octanol–water partition coefficient (Wildman–Crippen LogP) is 3.94. The molecule has 6 heteroatoms. The number of aromatic nitrogens is 1. The van der Waals surface area contributed by atoms with Crippen molar-refractivity contribution in [3.63, 3.8) is 0 Å². The van der Waals surface area contributed by atoms with Gasteiger partial charge in [0, 0.05) is 23.5 Å². The minimum absolute atomic E-state index is 0.0389. The highest BCUT2D eigenvalue weighted by atomic mass is 16.5. The van der Waals surface area contributed by atoms with E-state index in [-0.39, 0.29) is 18.0 Å². The van der Waals surface area contributed by atoms with Gasteiger partial charge in [-0.3, -0.25) is 4.79 Å². The zero-order valence-corrected chi connectivity index (χ0v) is 17.3. The normalized spacial score (nSPS) is 12.5. The number of furan rings is 1. The number of amides is 1. The summed E-state index contributed by atoms with van der Waals surface area (Å²) >= 11 is 0. The third kappa shape index (κ3) is 4.62. The number of ether oxygens (including phenoxy) is 1. The monoisotopic (exact) mass is 374 g/mol. The molecule has 1 atom stereocenters. The van der Waals surface area contributed by atoms with Crippen molar-refractivity contribution in [2.75, 3.05) is 0 Å².